The Balaban J connectivity index is 1.90. The molecule has 0 saturated heterocycles. The van der Waals surface area contributed by atoms with Gasteiger partial charge in [0.25, 0.3) is 0 Å². The van der Waals surface area contributed by atoms with Gasteiger partial charge in [0.15, 0.2) is 5.96 Å². The Kier molecular flexibility index (Phi) is 7.37. The van der Waals surface area contributed by atoms with Gasteiger partial charge in [0.1, 0.15) is 5.82 Å². The smallest absolute Gasteiger partial charge is 0.191 e. The molecule has 6 heteroatoms. The van der Waals surface area contributed by atoms with Crippen LogP contribution in [0.15, 0.2) is 53.5 Å². The lowest BCUT2D eigenvalue weighted by Gasteiger charge is -2.18. The monoisotopic (exact) mass is 345 g/mol. The molecule has 2 aromatic rings. The summed E-state index contributed by atoms with van der Waals surface area (Å²) in [6.45, 7) is 0.682. The van der Waals surface area contributed by atoms with E-state index in [4.69, 9.17) is 5.11 Å². The average molecular weight is 345 g/mol. The molecule has 25 heavy (non-hydrogen) atoms. The van der Waals surface area contributed by atoms with Gasteiger partial charge in [-0.3, -0.25) is 4.99 Å². The van der Waals surface area contributed by atoms with Crippen LogP contribution in [0.1, 0.15) is 22.6 Å². The van der Waals surface area contributed by atoms with Crippen molar-refractivity contribution in [1.29, 1.82) is 0 Å². The lowest BCUT2D eigenvalue weighted by molar-refractivity contribution is 0.265. The summed E-state index contributed by atoms with van der Waals surface area (Å²) in [6, 6.07) is 14.4. The van der Waals surface area contributed by atoms with Crippen LogP contribution in [0.5, 0.6) is 0 Å². The molecule has 2 aromatic carbocycles. The highest BCUT2D eigenvalue weighted by Crippen LogP contribution is 2.13. The number of aliphatic hydroxyl groups excluding tert-OH is 2. The van der Waals surface area contributed by atoms with E-state index in [-0.39, 0.29) is 24.7 Å². The number of nitrogens with zero attached hydrogens (tertiary/aromatic N) is 1. The number of halogens is 1. The first-order valence-electron chi connectivity index (χ1n) is 8.16. The summed E-state index contributed by atoms with van der Waals surface area (Å²) in [7, 11) is 1.66. The van der Waals surface area contributed by atoms with E-state index in [0.717, 1.165) is 11.1 Å². The lowest BCUT2D eigenvalue weighted by Crippen LogP contribution is -2.39. The largest absolute Gasteiger partial charge is 0.396 e. The number of hydrogen-bond donors (Lipinski definition) is 4. The molecule has 0 heterocycles. The number of aliphatic hydroxyl groups is 2. The first-order valence-corrected chi connectivity index (χ1v) is 8.16. The molecule has 5 nitrogen and oxygen atoms in total. The molecule has 0 amide bonds. The highest BCUT2D eigenvalue weighted by Gasteiger charge is 2.11. The van der Waals surface area contributed by atoms with Crippen molar-refractivity contribution in [2.45, 2.75) is 19.1 Å². The number of guanidine groups is 1. The standard InChI is InChI=1S/C19H24FN3O2/c1-21-19(22-10-14-7-8-18(20)16(9-14)12-24)23-11-17(13-25)15-5-3-2-4-6-15/h2-9,17,24-25H,10-13H2,1H3,(H2,21,22,23). The van der Waals surface area contributed by atoms with E-state index in [2.05, 4.69) is 15.6 Å². The van der Waals surface area contributed by atoms with E-state index in [1.54, 1.807) is 19.2 Å². The number of hydrogen-bond acceptors (Lipinski definition) is 3. The van der Waals surface area contributed by atoms with Gasteiger partial charge >= 0.3 is 0 Å². The van der Waals surface area contributed by atoms with E-state index in [1.807, 2.05) is 30.3 Å². The van der Waals surface area contributed by atoms with Crippen molar-refractivity contribution in [3.63, 3.8) is 0 Å². The second kappa shape index (κ2) is 9.76. The van der Waals surface area contributed by atoms with Crippen LogP contribution in [0.2, 0.25) is 0 Å². The summed E-state index contributed by atoms with van der Waals surface area (Å²) >= 11 is 0. The van der Waals surface area contributed by atoms with Gasteiger partial charge in [0.2, 0.25) is 0 Å². The molecule has 0 fully saturated rings. The minimum absolute atomic E-state index is 0.0336. The normalized spacial score (nSPS) is 12.7. The molecule has 1 unspecified atom stereocenters. The predicted molar refractivity (Wildman–Crippen MR) is 96.8 cm³/mol. The molecule has 0 bridgehead atoms. The third-order valence-corrected chi connectivity index (χ3v) is 3.97. The summed E-state index contributed by atoms with van der Waals surface area (Å²) in [5, 5.41) is 25.0. The van der Waals surface area contributed by atoms with E-state index >= 15 is 0 Å². The third-order valence-electron chi connectivity index (χ3n) is 3.97. The quantitative estimate of drug-likeness (QED) is 0.456. The fourth-order valence-electron chi connectivity index (χ4n) is 2.50. The van der Waals surface area contributed by atoms with Crippen LogP contribution < -0.4 is 10.6 Å². The molecule has 0 saturated carbocycles. The highest BCUT2D eigenvalue weighted by molar-refractivity contribution is 5.79. The number of rotatable bonds is 7. The zero-order valence-corrected chi connectivity index (χ0v) is 14.2. The zero-order valence-electron chi connectivity index (χ0n) is 14.2. The van der Waals surface area contributed by atoms with Gasteiger partial charge in [-0.25, -0.2) is 4.39 Å². The third kappa shape index (κ3) is 5.55. The van der Waals surface area contributed by atoms with Crippen LogP contribution in [-0.4, -0.2) is 36.4 Å². The van der Waals surface area contributed by atoms with Crippen molar-refractivity contribution in [3.05, 3.63) is 71.0 Å². The summed E-state index contributed by atoms with van der Waals surface area (Å²) in [6.07, 6.45) is 0. The molecule has 134 valence electrons. The fraction of sp³-hybridized carbons (Fsp3) is 0.316. The molecule has 0 aliphatic rings. The molecule has 2 rings (SSSR count). The van der Waals surface area contributed by atoms with Crippen molar-refractivity contribution in [2.24, 2.45) is 4.99 Å². The molecule has 0 spiro atoms. The molecule has 0 aliphatic carbocycles. The maximum absolute atomic E-state index is 13.4. The van der Waals surface area contributed by atoms with Crippen LogP contribution in [-0.2, 0) is 13.2 Å². The van der Waals surface area contributed by atoms with Gasteiger partial charge in [0, 0.05) is 31.6 Å². The SMILES string of the molecule is CN=C(NCc1ccc(F)c(CO)c1)NCC(CO)c1ccccc1. The molecule has 4 N–H and O–H groups in total. The Bertz CT molecular complexity index is 692. The molecular formula is C19H24FN3O2. The Hall–Kier alpha value is -2.44. The minimum Gasteiger partial charge on any atom is -0.396 e. The Labute approximate surface area is 147 Å². The second-order valence-corrected chi connectivity index (χ2v) is 5.68. The topological polar surface area (TPSA) is 76.9 Å². The molecule has 1 atom stereocenters. The van der Waals surface area contributed by atoms with Gasteiger partial charge in [-0.1, -0.05) is 36.4 Å². The van der Waals surface area contributed by atoms with Crippen LogP contribution in [0, 0.1) is 5.82 Å². The number of aliphatic imine (C=N–C) groups is 1. The van der Waals surface area contributed by atoms with E-state index < -0.39 is 5.82 Å². The maximum atomic E-state index is 13.4. The molecule has 0 aliphatic heterocycles. The van der Waals surface area contributed by atoms with Crippen molar-refractivity contribution in [3.8, 4) is 0 Å². The molecular weight excluding hydrogens is 321 g/mol. The zero-order chi connectivity index (χ0) is 18.1. The second-order valence-electron chi connectivity index (χ2n) is 5.68. The van der Waals surface area contributed by atoms with Crippen LogP contribution in [0.4, 0.5) is 4.39 Å². The van der Waals surface area contributed by atoms with Crippen molar-refractivity contribution >= 4 is 5.96 Å². The first kappa shape index (κ1) is 18.9. The lowest BCUT2D eigenvalue weighted by atomic mass is 10.0. The minimum atomic E-state index is -0.414. The Morgan fingerprint density at radius 2 is 1.88 bits per heavy atom. The predicted octanol–water partition coefficient (Wildman–Crippen LogP) is 1.76. The highest BCUT2D eigenvalue weighted by atomic mass is 19.1. The fourth-order valence-corrected chi connectivity index (χ4v) is 2.50. The average Bonchev–Trinajstić information content (AvgIpc) is 2.66. The summed E-state index contributed by atoms with van der Waals surface area (Å²) in [5.41, 5.74) is 2.17. The van der Waals surface area contributed by atoms with Crippen molar-refractivity contribution < 1.29 is 14.6 Å². The maximum Gasteiger partial charge on any atom is 0.191 e. The summed E-state index contributed by atoms with van der Waals surface area (Å²) < 4.78 is 13.4. The Morgan fingerprint density at radius 1 is 1.12 bits per heavy atom. The Morgan fingerprint density at radius 3 is 2.52 bits per heavy atom. The van der Waals surface area contributed by atoms with Gasteiger partial charge < -0.3 is 20.8 Å². The van der Waals surface area contributed by atoms with Crippen LogP contribution >= 0.6 is 0 Å². The van der Waals surface area contributed by atoms with Gasteiger partial charge in [-0.2, -0.15) is 0 Å². The van der Waals surface area contributed by atoms with E-state index in [1.165, 1.54) is 6.07 Å². The van der Waals surface area contributed by atoms with Gasteiger partial charge in [0.05, 0.1) is 13.2 Å². The number of nitrogens with one attached hydrogen (secondary N) is 2. The summed E-state index contributed by atoms with van der Waals surface area (Å²) in [5.74, 6) is 0.137. The molecule has 0 aromatic heterocycles. The number of benzene rings is 2. The van der Waals surface area contributed by atoms with E-state index in [9.17, 15) is 9.50 Å². The van der Waals surface area contributed by atoms with Crippen molar-refractivity contribution in [1.82, 2.24) is 10.6 Å². The summed E-state index contributed by atoms with van der Waals surface area (Å²) in [4.78, 5) is 4.15. The van der Waals surface area contributed by atoms with Gasteiger partial charge in [-0.05, 0) is 23.3 Å². The molecule has 0 radical (unpaired) electrons. The van der Waals surface area contributed by atoms with Crippen LogP contribution in [0.25, 0.3) is 0 Å². The van der Waals surface area contributed by atoms with Crippen LogP contribution in [0.3, 0.4) is 0 Å². The first-order chi connectivity index (χ1) is 12.2. The van der Waals surface area contributed by atoms with E-state index in [0.29, 0.717) is 19.0 Å². The van der Waals surface area contributed by atoms with Gasteiger partial charge in [-0.15, -0.1) is 0 Å². The van der Waals surface area contributed by atoms with Crippen molar-refractivity contribution in [2.75, 3.05) is 20.2 Å².